The van der Waals surface area contributed by atoms with Gasteiger partial charge < -0.3 is 0 Å². The summed E-state index contributed by atoms with van der Waals surface area (Å²) in [7, 11) is 0. The molecule has 0 aliphatic carbocycles. The molecule has 0 atom stereocenters. The van der Waals surface area contributed by atoms with Crippen LogP contribution in [0.5, 0.6) is 0 Å². The van der Waals surface area contributed by atoms with Gasteiger partial charge in [0.1, 0.15) is 0 Å². The Morgan fingerprint density at radius 3 is 2.63 bits per heavy atom. The molecule has 1 aromatic carbocycles. The smallest absolute Gasteiger partial charge is 0.269 e. The van der Waals surface area contributed by atoms with E-state index in [0.717, 1.165) is 5.56 Å². The fourth-order valence-corrected chi connectivity index (χ4v) is 2.03. The number of non-ortho nitro benzene ring substituents is 1. The van der Waals surface area contributed by atoms with Gasteiger partial charge in [-0.2, -0.15) is 0 Å². The SMILES string of the molecule is CC(=O)NNc1nc(-c2ccc([N+](=O)[O-])cc2)cs1. The summed E-state index contributed by atoms with van der Waals surface area (Å²) in [5, 5.41) is 12.9. The number of carbonyl (C=O) groups is 1. The molecular formula is C11H10N4O3S. The van der Waals surface area contributed by atoms with Crippen molar-refractivity contribution in [3.8, 4) is 11.3 Å². The van der Waals surface area contributed by atoms with Crippen LogP contribution in [0.25, 0.3) is 11.3 Å². The maximum atomic E-state index is 10.7. The van der Waals surface area contributed by atoms with E-state index in [1.807, 2.05) is 0 Å². The molecule has 98 valence electrons. The summed E-state index contributed by atoms with van der Waals surface area (Å²) in [6.45, 7) is 1.39. The van der Waals surface area contributed by atoms with E-state index in [-0.39, 0.29) is 11.6 Å². The molecule has 0 bridgehead atoms. The normalized spacial score (nSPS) is 9.95. The van der Waals surface area contributed by atoms with Crippen LogP contribution in [-0.2, 0) is 4.79 Å². The molecule has 2 rings (SSSR count). The third-order valence-electron chi connectivity index (χ3n) is 2.22. The number of anilines is 1. The van der Waals surface area contributed by atoms with Gasteiger partial charge >= 0.3 is 0 Å². The zero-order valence-electron chi connectivity index (χ0n) is 9.91. The number of amides is 1. The lowest BCUT2D eigenvalue weighted by atomic mass is 10.1. The number of nitro groups is 1. The molecule has 19 heavy (non-hydrogen) atoms. The standard InChI is InChI=1S/C11H10N4O3S/c1-7(16)13-14-11-12-10(6-19-11)8-2-4-9(5-3-8)15(17)18/h2-6H,1H3,(H,12,14)(H,13,16). The highest BCUT2D eigenvalue weighted by Crippen LogP contribution is 2.25. The van der Waals surface area contributed by atoms with E-state index in [1.54, 1.807) is 17.5 Å². The summed E-state index contributed by atoms with van der Waals surface area (Å²) in [5.74, 6) is -0.216. The highest BCUT2D eigenvalue weighted by Gasteiger charge is 2.08. The van der Waals surface area contributed by atoms with Crippen LogP contribution < -0.4 is 10.9 Å². The van der Waals surface area contributed by atoms with Crippen LogP contribution in [0.1, 0.15) is 6.92 Å². The molecule has 0 spiro atoms. The van der Waals surface area contributed by atoms with Crippen molar-refractivity contribution in [1.29, 1.82) is 0 Å². The minimum atomic E-state index is -0.450. The van der Waals surface area contributed by atoms with Crippen molar-refractivity contribution < 1.29 is 9.72 Å². The minimum Gasteiger partial charge on any atom is -0.274 e. The Bertz CT molecular complexity index is 609. The second-order valence-electron chi connectivity index (χ2n) is 3.65. The van der Waals surface area contributed by atoms with Gasteiger partial charge in [-0.05, 0) is 12.1 Å². The summed E-state index contributed by atoms with van der Waals surface area (Å²) >= 11 is 1.33. The Labute approximate surface area is 112 Å². The third-order valence-corrected chi connectivity index (χ3v) is 2.98. The van der Waals surface area contributed by atoms with Gasteiger partial charge in [0, 0.05) is 30.0 Å². The number of nitrogens with one attached hydrogen (secondary N) is 2. The molecule has 2 aromatic rings. The average molecular weight is 278 g/mol. The predicted octanol–water partition coefficient (Wildman–Crippen LogP) is 2.18. The molecule has 1 aromatic heterocycles. The summed E-state index contributed by atoms with van der Waals surface area (Å²) in [6, 6.07) is 6.12. The van der Waals surface area contributed by atoms with E-state index in [9.17, 15) is 14.9 Å². The number of benzene rings is 1. The zero-order chi connectivity index (χ0) is 13.8. The first kappa shape index (κ1) is 13.0. The van der Waals surface area contributed by atoms with E-state index in [4.69, 9.17) is 0 Å². The van der Waals surface area contributed by atoms with Gasteiger partial charge in [-0.25, -0.2) is 4.98 Å². The van der Waals surface area contributed by atoms with Gasteiger partial charge in [-0.15, -0.1) is 11.3 Å². The first-order chi connectivity index (χ1) is 9.06. The third kappa shape index (κ3) is 3.26. The van der Waals surface area contributed by atoms with Gasteiger partial charge in [0.2, 0.25) is 11.0 Å². The number of nitrogens with zero attached hydrogens (tertiary/aromatic N) is 2. The van der Waals surface area contributed by atoms with E-state index in [2.05, 4.69) is 15.8 Å². The van der Waals surface area contributed by atoms with E-state index in [0.29, 0.717) is 10.8 Å². The molecule has 2 N–H and O–H groups in total. The number of carbonyl (C=O) groups excluding carboxylic acids is 1. The van der Waals surface area contributed by atoms with Crippen LogP contribution in [0.2, 0.25) is 0 Å². The molecule has 0 unspecified atom stereocenters. The number of rotatable bonds is 4. The summed E-state index contributed by atoms with van der Waals surface area (Å²) in [5.41, 5.74) is 6.58. The number of thiazole rings is 1. The summed E-state index contributed by atoms with van der Waals surface area (Å²) in [6.07, 6.45) is 0. The van der Waals surface area contributed by atoms with Gasteiger partial charge in [0.05, 0.1) is 10.6 Å². The molecule has 1 heterocycles. The first-order valence-electron chi connectivity index (χ1n) is 5.29. The minimum absolute atomic E-state index is 0.0376. The van der Waals surface area contributed by atoms with Crippen LogP contribution in [0.15, 0.2) is 29.6 Å². The lowest BCUT2D eigenvalue weighted by Gasteiger charge is -2.00. The number of hydrogen-bond donors (Lipinski definition) is 2. The van der Waals surface area contributed by atoms with Crippen molar-refractivity contribution in [1.82, 2.24) is 10.4 Å². The maximum absolute atomic E-state index is 10.7. The molecule has 0 aliphatic rings. The monoisotopic (exact) mass is 278 g/mol. The topological polar surface area (TPSA) is 97.2 Å². The Morgan fingerprint density at radius 1 is 1.37 bits per heavy atom. The maximum Gasteiger partial charge on any atom is 0.269 e. The number of nitro benzene ring substituents is 1. The Kier molecular flexibility index (Phi) is 3.71. The van der Waals surface area contributed by atoms with E-state index in [1.165, 1.54) is 30.4 Å². The fourth-order valence-electron chi connectivity index (χ4n) is 1.36. The van der Waals surface area contributed by atoms with Crippen molar-refractivity contribution in [3.05, 3.63) is 39.8 Å². The Balaban J connectivity index is 2.13. The number of hydrazine groups is 1. The Hall–Kier alpha value is -2.48. The molecule has 1 amide bonds. The van der Waals surface area contributed by atoms with Crippen LogP contribution in [0.3, 0.4) is 0 Å². The molecule has 0 radical (unpaired) electrons. The summed E-state index contributed by atoms with van der Waals surface area (Å²) < 4.78 is 0. The highest BCUT2D eigenvalue weighted by molar-refractivity contribution is 7.14. The summed E-state index contributed by atoms with van der Waals surface area (Å²) in [4.78, 5) is 25.1. The van der Waals surface area contributed by atoms with Gasteiger partial charge in [0.25, 0.3) is 5.69 Å². The van der Waals surface area contributed by atoms with Crippen molar-refractivity contribution >= 4 is 28.1 Å². The quantitative estimate of drug-likeness (QED) is 0.660. The van der Waals surface area contributed by atoms with Crippen molar-refractivity contribution in [3.63, 3.8) is 0 Å². The van der Waals surface area contributed by atoms with Gasteiger partial charge in [-0.1, -0.05) is 0 Å². The molecule has 0 aliphatic heterocycles. The molecule has 0 saturated carbocycles. The number of hydrogen-bond acceptors (Lipinski definition) is 6. The van der Waals surface area contributed by atoms with Crippen LogP contribution in [0.4, 0.5) is 10.8 Å². The van der Waals surface area contributed by atoms with Crippen molar-refractivity contribution in [2.45, 2.75) is 6.92 Å². The van der Waals surface area contributed by atoms with Crippen LogP contribution >= 0.6 is 11.3 Å². The lowest BCUT2D eigenvalue weighted by molar-refractivity contribution is -0.384. The van der Waals surface area contributed by atoms with E-state index >= 15 is 0 Å². The first-order valence-corrected chi connectivity index (χ1v) is 6.17. The molecule has 0 fully saturated rings. The Morgan fingerprint density at radius 2 is 2.05 bits per heavy atom. The highest BCUT2D eigenvalue weighted by atomic mass is 32.1. The lowest BCUT2D eigenvalue weighted by Crippen LogP contribution is -2.26. The fraction of sp³-hybridized carbons (Fsp3) is 0.0909. The largest absolute Gasteiger partial charge is 0.274 e. The second-order valence-corrected chi connectivity index (χ2v) is 4.51. The zero-order valence-corrected chi connectivity index (χ0v) is 10.7. The molecule has 8 heteroatoms. The van der Waals surface area contributed by atoms with Gasteiger partial charge in [-0.3, -0.25) is 25.8 Å². The molecule has 0 saturated heterocycles. The van der Waals surface area contributed by atoms with Crippen LogP contribution in [-0.4, -0.2) is 15.8 Å². The average Bonchev–Trinajstić information content (AvgIpc) is 2.85. The van der Waals surface area contributed by atoms with Crippen molar-refractivity contribution in [2.75, 3.05) is 5.43 Å². The van der Waals surface area contributed by atoms with Crippen LogP contribution in [0, 0.1) is 10.1 Å². The van der Waals surface area contributed by atoms with Gasteiger partial charge in [0.15, 0.2) is 0 Å². The van der Waals surface area contributed by atoms with Crippen molar-refractivity contribution in [2.24, 2.45) is 0 Å². The number of aromatic nitrogens is 1. The van der Waals surface area contributed by atoms with E-state index < -0.39 is 4.92 Å². The molecule has 7 nitrogen and oxygen atoms in total. The predicted molar refractivity (Wildman–Crippen MR) is 71.6 cm³/mol. The second kappa shape index (κ2) is 5.44. The molecular weight excluding hydrogens is 268 g/mol.